The van der Waals surface area contributed by atoms with E-state index in [0.29, 0.717) is 10.9 Å². The lowest BCUT2D eigenvalue weighted by Crippen LogP contribution is -2.00. The van der Waals surface area contributed by atoms with E-state index in [1.165, 1.54) is 32.1 Å². The summed E-state index contributed by atoms with van der Waals surface area (Å²) in [7, 11) is 0. The van der Waals surface area contributed by atoms with Crippen molar-refractivity contribution < 1.29 is 4.74 Å². The summed E-state index contributed by atoms with van der Waals surface area (Å²) in [6.45, 7) is 2.95. The number of alkyl halides is 1. The van der Waals surface area contributed by atoms with Crippen LogP contribution in [0.15, 0.2) is 18.2 Å². The molecule has 1 nitrogen and oxygen atoms in total. The van der Waals surface area contributed by atoms with Crippen LogP contribution in [0.1, 0.15) is 51.0 Å². The maximum absolute atomic E-state index is 6.11. The minimum Gasteiger partial charge on any atom is -0.492 e. The van der Waals surface area contributed by atoms with E-state index in [4.69, 9.17) is 27.9 Å². The molecule has 1 rings (SSSR count). The van der Waals surface area contributed by atoms with Gasteiger partial charge in [0.25, 0.3) is 0 Å². The Balaban J connectivity index is 2.26. The Morgan fingerprint density at radius 1 is 1.06 bits per heavy atom. The number of ether oxygens (including phenoxy) is 1. The zero-order valence-corrected chi connectivity index (χ0v) is 12.6. The second-order valence-electron chi connectivity index (χ2n) is 4.48. The highest BCUT2D eigenvalue weighted by atomic mass is 35.5. The first-order valence-electron chi connectivity index (χ1n) is 6.75. The van der Waals surface area contributed by atoms with E-state index in [1.54, 1.807) is 0 Å². The van der Waals surface area contributed by atoms with Gasteiger partial charge >= 0.3 is 0 Å². The highest BCUT2D eigenvalue weighted by molar-refractivity contribution is 6.32. The van der Waals surface area contributed by atoms with E-state index in [9.17, 15) is 0 Å². The summed E-state index contributed by atoms with van der Waals surface area (Å²) in [5.74, 6) is 1.19. The number of rotatable bonds is 9. The fourth-order valence-corrected chi connectivity index (χ4v) is 2.34. The maximum atomic E-state index is 6.11. The summed E-state index contributed by atoms with van der Waals surface area (Å²) in [5, 5.41) is 0.652. The van der Waals surface area contributed by atoms with E-state index in [1.807, 2.05) is 18.2 Å². The van der Waals surface area contributed by atoms with Crippen LogP contribution >= 0.6 is 23.2 Å². The van der Waals surface area contributed by atoms with Crippen molar-refractivity contribution in [2.24, 2.45) is 0 Å². The quantitative estimate of drug-likeness (QED) is 0.411. The topological polar surface area (TPSA) is 9.23 Å². The summed E-state index contributed by atoms with van der Waals surface area (Å²) in [4.78, 5) is 0. The highest BCUT2D eigenvalue weighted by Gasteiger charge is 2.07. The Bertz CT molecular complexity index is 339. The fraction of sp³-hybridized carbons (Fsp3) is 0.600. The third-order valence-corrected chi connectivity index (χ3v) is 3.52. The van der Waals surface area contributed by atoms with Gasteiger partial charge in [0.2, 0.25) is 0 Å². The summed E-state index contributed by atoms with van der Waals surface area (Å²) in [6, 6.07) is 5.70. The number of para-hydroxylation sites is 1. The van der Waals surface area contributed by atoms with Crippen molar-refractivity contribution in [3.05, 3.63) is 28.8 Å². The Morgan fingerprint density at radius 3 is 2.50 bits per heavy atom. The van der Waals surface area contributed by atoms with Crippen LogP contribution in [-0.4, -0.2) is 6.61 Å². The van der Waals surface area contributed by atoms with Gasteiger partial charge in [0.05, 0.1) is 17.5 Å². The van der Waals surface area contributed by atoms with Crippen LogP contribution in [0.3, 0.4) is 0 Å². The van der Waals surface area contributed by atoms with Crippen LogP contribution in [0, 0.1) is 0 Å². The van der Waals surface area contributed by atoms with Crippen LogP contribution in [0.5, 0.6) is 5.75 Å². The first kappa shape index (κ1) is 15.7. The molecular formula is C15H22Cl2O. The molecule has 0 fully saturated rings. The summed E-state index contributed by atoms with van der Waals surface area (Å²) in [5.41, 5.74) is 0.968. The number of unbranched alkanes of at least 4 members (excludes halogenated alkanes) is 5. The molecule has 18 heavy (non-hydrogen) atoms. The van der Waals surface area contributed by atoms with Gasteiger partial charge in [0.1, 0.15) is 5.75 Å². The van der Waals surface area contributed by atoms with Crippen molar-refractivity contribution in [1.29, 1.82) is 0 Å². The van der Waals surface area contributed by atoms with Gasteiger partial charge in [0.15, 0.2) is 0 Å². The van der Waals surface area contributed by atoms with Gasteiger partial charge in [-0.05, 0) is 12.5 Å². The first-order valence-corrected chi connectivity index (χ1v) is 7.67. The average Bonchev–Trinajstić information content (AvgIpc) is 2.39. The standard InChI is InChI=1S/C15H22Cl2O/c1-2-3-4-5-6-7-11-18-15-13(12-16)9-8-10-14(15)17/h8-10H,2-7,11-12H2,1H3. The molecule has 0 N–H and O–H groups in total. The van der Waals surface area contributed by atoms with Crippen LogP contribution in [0.2, 0.25) is 5.02 Å². The zero-order chi connectivity index (χ0) is 13.2. The largest absolute Gasteiger partial charge is 0.492 e. The second-order valence-corrected chi connectivity index (χ2v) is 5.15. The van der Waals surface area contributed by atoms with Gasteiger partial charge in [-0.25, -0.2) is 0 Å². The third-order valence-electron chi connectivity index (χ3n) is 2.94. The van der Waals surface area contributed by atoms with E-state index < -0.39 is 0 Å². The van der Waals surface area contributed by atoms with Gasteiger partial charge in [-0.2, -0.15) is 0 Å². The summed E-state index contributed by atoms with van der Waals surface area (Å²) in [6.07, 6.45) is 7.55. The molecule has 0 saturated heterocycles. The fourth-order valence-electron chi connectivity index (χ4n) is 1.88. The Kier molecular flexibility index (Phi) is 8.28. The average molecular weight is 289 g/mol. The molecule has 0 aliphatic carbocycles. The molecule has 0 aromatic heterocycles. The van der Waals surface area contributed by atoms with E-state index in [2.05, 4.69) is 6.92 Å². The van der Waals surface area contributed by atoms with Gasteiger partial charge in [-0.15, -0.1) is 11.6 Å². The Labute approximate surface area is 120 Å². The van der Waals surface area contributed by atoms with Crippen molar-refractivity contribution in [3.8, 4) is 5.75 Å². The van der Waals surface area contributed by atoms with Gasteiger partial charge < -0.3 is 4.74 Å². The molecule has 0 aliphatic rings. The van der Waals surface area contributed by atoms with Gasteiger partial charge in [-0.1, -0.05) is 62.8 Å². The predicted octanol–water partition coefficient (Wildman–Crippen LogP) is 5.82. The predicted molar refractivity (Wildman–Crippen MR) is 79.9 cm³/mol. The second kappa shape index (κ2) is 9.52. The molecule has 1 aromatic carbocycles. The molecule has 3 heteroatoms. The molecule has 1 aromatic rings. The lowest BCUT2D eigenvalue weighted by molar-refractivity contribution is 0.302. The molecule has 0 aliphatic heterocycles. The maximum Gasteiger partial charge on any atom is 0.142 e. The highest BCUT2D eigenvalue weighted by Crippen LogP contribution is 2.29. The smallest absolute Gasteiger partial charge is 0.142 e. The number of hydrogen-bond acceptors (Lipinski definition) is 1. The van der Waals surface area contributed by atoms with E-state index in [-0.39, 0.29) is 0 Å². The Hall–Kier alpha value is -0.400. The molecule has 0 amide bonds. The van der Waals surface area contributed by atoms with Crippen molar-refractivity contribution in [2.45, 2.75) is 51.3 Å². The molecule has 0 radical (unpaired) electrons. The molecule has 0 unspecified atom stereocenters. The molecule has 0 saturated carbocycles. The zero-order valence-electron chi connectivity index (χ0n) is 11.1. The number of halogens is 2. The van der Waals surface area contributed by atoms with Crippen LogP contribution in [0.25, 0.3) is 0 Å². The van der Waals surface area contributed by atoms with Gasteiger partial charge in [0, 0.05) is 5.56 Å². The van der Waals surface area contributed by atoms with Gasteiger partial charge in [-0.3, -0.25) is 0 Å². The third kappa shape index (κ3) is 5.49. The van der Waals surface area contributed by atoms with Crippen LogP contribution in [0.4, 0.5) is 0 Å². The van der Waals surface area contributed by atoms with Crippen molar-refractivity contribution in [1.82, 2.24) is 0 Å². The van der Waals surface area contributed by atoms with E-state index >= 15 is 0 Å². The van der Waals surface area contributed by atoms with Crippen molar-refractivity contribution in [3.63, 3.8) is 0 Å². The SMILES string of the molecule is CCCCCCCCOc1c(Cl)cccc1CCl. The number of hydrogen-bond donors (Lipinski definition) is 0. The lowest BCUT2D eigenvalue weighted by Gasteiger charge is -2.11. The normalized spacial score (nSPS) is 10.6. The number of benzene rings is 1. The van der Waals surface area contributed by atoms with Crippen LogP contribution < -0.4 is 4.74 Å². The van der Waals surface area contributed by atoms with Crippen LogP contribution in [-0.2, 0) is 5.88 Å². The Morgan fingerprint density at radius 2 is 1.78 bits per heavy atom. The molecule has 0 bridgehead atoms. The van der Waals surface area contributed by atoms with Crippen molar-refractivity contribution >= 4 is 23.2 Å². The molecule has 0 spiro atoms. The molecule has 0 atom stereocenters. The molecular weight excluding hydrogens is 267 g/mol. The lowest BCUT2D eigenvalue weighted by atomic mass is 10.1. The minimum absolute atomic E-state index is 0.437. The first-order chi connectivity index (χ1) is 8.79. The van der Waals surface area contributed by atoms with E-state index in [0.717, 1.165) is 24.3 Å². The minimum atomic E-state index is 0.437. The molecule has 102 valence electrons. The monoisotopic (exact) mass is 288 g/mol. The summed E-state index contributed by atoms with van der Waals surface area (Å²) >= 11 is 12.0. The molecule has 0 heterocycles. The summed E-state index contributed by atoms with van der Waals surface area (Å²) < 4.78 is 5.75. The van der Waals surface area contributed by atoms with Crippen molar-refractivity contribution in [2.75, 3.05) is 6.61 Å².